The van der Waals surface area contributed by atoms with Crippen LogP contribution in [0.2, 0.25) is 0 Å². The van der Waals surface area contributed by atoms with Crippen molar-refractivity contribution in [3.63, 3.8) is 0 Å². The average molecular weight is 288 g/mol. The van der Waals surface area contributed by atoms with Crippen LogP contribution in [0.4, 0.5) is 0 Å². The van der Waals surface area contributed by atoms with Crippen molar-refractivity contribution in [2.45, 2.75) is 26.2 Å². The van der Waals surface area contributed by atoms with Crippen LogP contribution in [0.5, 0.6) is 0 Å². The Morgan fingerprint density at radius 1 is 1.05 bits per heavy atom. The molecule has 0 heterocycles. The molecule has 0 radical (unpaired) electrons. The van der Waals surface area contributed by atoms with Gasteiger partial charge in [-0.3, -0.25) is 4.79 Å². The first-order valence-electron chi connectivity index (χ1n) is 7.81. The topological polar surface area (TPSA) is 17.1 Å². The van der Waals surface area contributed by atoms with E-state index < -0.39 is 0 Å². The van der Waals surface area contributed by atoms with Gasteiger partial charge in [-0.2, -0.15) is 0 Å². The predicted molar refractivity (Wildman–Crippen MR) is 92.6 cm³/mol. The normalized spacial score (nSPS) is 14.3. The van der Waals surface area contributed by atoms with Crippen molar-refractivity contribution in [2.75, 3.05) is 0 Å². The van der Waals surface area contributed by atoms with E-state index in [2.05, 4.69) is 54.6 Å². The Kier molecular flexibility index (Phi) is 4.34. The Bertz CT molecular complexity index is 733. The number of ketones is 1. The first-order valence-corrected chi connectivity index (χ1v) is 7.81. The van der Waals surface area contributed by atoms with E-state index in [0.29, 0.717) is 0 Å². The lowest BCUT2D eigenvalue weighted by molar-refractivity contribution is -0.112. The zero-order valence-electron chi connectivity index (χ0n) is 12.9. The molecule has 1 aliphatic rings. The van der Waals surface area contributed by atoms with Crippen LogP contribution in [0.15, 0.2) is 60.7 Å². The third-order valence-electron chi connectivity index (χ3n) is 4.04. The number of hydrogen-bond acceptors (Lipinski definition) is 1. The summed E-state index contributed by atoms with van der Waals surface area (Å²) in [4.78, 5) is 11.0. The van der Waals surface area contributed by atoms with Crippen molar-refractivity contribution in [3.8, 4) is 0 Å². The molecule has 0 atom stereocenters. The van der Waals surface area contributed by atoms with E-state index in [-0.39, 0.29) is 5.78 Å². The monoisotopic (exact) mass is 288 g/mol. The maximum absolute atomic E-state index is 11.0. The van der Waals surface area contributed by atoms with Gasteiger partial charge in [-0.05, 0) is 60.1 Å². The van der Waals surface area contributed by atoms with Crippen LogP contribution in [-0.4, -0.2) is 5.78 Å². The number of benzene rings is 2. The molecule has 0 N–H and O–H groups in total. The van der Waals surface area contributed by atoms with E-state index in [1.54, 1.807) is 13.0 Å². The van der Waals surface area contributed by atoms with Crippen LogP contribution in [0, 0.1) is 0 Å². The summed E-state index contributed by atoms with van der Waals surface area (Å²) < 4.78 is 0. The SMILES string of the molecule is CC(=O)/C=C/c1ccc(C2=CCCCc3ccccc32)cc1. The minimum Gasteiger partial charge on any atom is -0.295 e. The Morgan fingerprint density at radius 3 is 2.59 bits per heavy atom. The molecule has 0 amide bonds. The third kappa shape index (κ3) is 3.25. The lowest BCUT2D eigenvalue weighted by Crippen LogP contribution is -1.92. The summed E-state index contributed by atoms with van der Waals surface area (Å²) in [5, 5.41) is 0. The first kappa shape index (κ1) is 14.5. The minimum atomic E-state index is 0.0736. The molecule has 0 unspecified atom stereocenters. The van der Waals surface area contributed by atoms with Crippen LogP contribution in [-0.2, 0) is 11.2 Å². The molecule has 1 heteroatoms. The number of rotatable bonds is 3. The number of hydrogen-bond donors (Lipinski definition) is 0. The minimum absolute atomic E-state index is 0.0736. The van der Waals surface area contributed by atoms with Crippen molar-refractivity contribution in [1.29, 1.82) is 0 Å². The van der Waals surface area contributed by atoms with Gasteiger partial charge >= 0.3 is 0 Å². The Hall–Kier alpha value is -2.41. The van der Waals surface area contributed by atoms with Crippen molar-refractivity contribution in [2.24, 2.45) is 0 Å². The first-order chi connectivity index (χ1) is 10.7. The highest BCUT2D eigenvalue weighted by Crippen LogP contribution is 2.30. The van der Waals surface area contributed by atoms with Crippen molar-refractivity contribution in [1.82, 2.24) is 0 Å². The van der Waals surface area contributed by atoms with Crippen LogP contribution in [0.1, 0.15) is 42.0 Å². The molecule has 0 saturated carbocycles. The highest BCUT2D eigenvalue weighted by atomic mass is 16.1. The molecule has 1 aliphatic carbocycles. The molecule has 3 rings (SSSR count). The fraction of sp³-hybridized carbons (Fsp3) is 0.190. The van der Waals surface area contributed by atoms with Gasteiger partial charge in [0.25, 0.3) is 0 Å². The molecular weight excluding hydrogens is 268 g/mol. The summed E-state index contributed by atoms with van der Waals surface area (Å²) in [6.07, 6.45) is 9.30. The van der Waals surface area contributed by atoms with E-state index in [4.69, 9.17) is 0 Å². The Morgan fingerprint density at radius 2 is 1.82 bits per heavy atom. The van der Waals surface area contributed by atoms with Crippen molar-refractivity contribution in [3.05, 3.63) is 82.9 Å². The van der Waals surface area contributed by atoms with Gasteiger partial charge in [-0.15, -0.1) is 0 Å². The summed E-state index contributed by atoms with van der Waals surface area (Å²) in [5.41, 5.74) is 6.42. The summed E-state index contributed by atoms with van der Waals surface area (Å²) in [6, 6.07) is 17.1. The molecule has 2 aromatic carbocycles. The lowest BCUT2D eigenvalue weighted by Gasteiger charge is -2.11. The fourth-order valence-electron chi connectivity index (χ4n) is 2.91. The largest absolute Gasteiger partial charge is 0.295 e. The highest BCUT2D eigenvalue weighted by Gasteiger charge is 2.12. The summed E-state index contributed by atoms with van der Waals surface area (Å²) in [7, 11) is 0. The van der Waals surface area contributed by atoms with Gasteiger partial charge in [0.15, 0.2) is 5.78 Å². The number of aryl methyl sites for hydroxylation is 1. The fourth-order valence-corrected chi connectivity index (χ4v) is 2.91. The van der Waals surface area contributed by atoms with Crippen LogP contribution < -0.4 is 0 Å². The molecule has 0 spiro atoms. The number of carbonyl (C=O) groups is 1. The smallest absolute Gasteiger partial charge is 0.152 e. The summed E-state index contributed by atoms with van der Waals surface area (Å²) in [6.45, 7) is 1.57. The number of carbonyl (C=O) groups excluding carboxylic acids is 1. The molecule has 22 heavy (non-hydrogen) atoms. The molecule has 1 nitrogen and oxygen atoms in total. The van der Waals surface area contributed by atoms with Gasteiger partial charge < -0.3 is 0 Å². The second-order valence-corrected chi connectivity index (χ2v) is 5.73. The van der Waals surface area contributed by atoms with Crippen molar-refractivity contribution >= 4 is 17.4 Å². The second kappa shape index (κ2) is 6.57. The molecule has 0 saturated heterocycles. The number of fused-ring (bicyclic) bond motifs is 1. The van der Waals surface area contributed by atoms with Crippen molar-refractivity contribution < 1.29 is 4.79 Å². The molecule has 0 aromatic heterocycles. The van der Waals surface area contributed by atoms with E-state index in [0.717, 1.165) is 18.4 Å². The lowest BCUT2D eigenvalue weighted by atomic mass is 9.93. The molecular formula is C21H20O. The van der Waals surface area contributed by atoms with Crippen LogP contribution in [0.3, 0.4) is 0 Å². The van der Waals surface area contributed by atoms with Gasteiger partial charge in [0.05, 0.1) is 0 Å². The maximum Gasteiger partial charge on any atom is 0.152 e. The van der Waals surface area contributed by atoms with Gasteiger partial charge in [0.1, 0.15) is 0 Å². The zero-order chi connectivity index (χ0) is 15.4. The average Bonchev–Trinajstić information content (AvgIpc) is 2.76. The van der Waals surface area contributed by atoms with E-state index in [9.17, 15) is 4.79 Å². The van der Waals surface area contributed by atoms with Crippen LogP contribution in [0.25, 0.3) is 11.6 Å². The standard InChI is InChI=1S/C21H20O/c1-16(22)10-11-17-12-14-19(15-13-17)21-9-5-3-7-18-6-2-4-8-20(18)21/h2,4,6,8-15H,3,5,7H2,1H3/b11-10+. The van der Waals surface area contributed by atoms with Gasteiger partial charge in [-0.25, -0.2) is 0 Å². The summed E-state index contributed by atoms with van der Waals surface area (Å²) >= 11 is 0. The second-order valence-electron chi connectivity index (χ2n) is 5.73. The number of allylic oxidation sites excluding steroid dienone is 2. The van der Waals surface area contributed by atoms with Gasteiger partial charge in [-0.1, -0.05) is 60.7 Å². The summed E-state index contributed by atoms with van der Waals surface area (Å²) in [5.74, 6) is 0.0736. The van der Waals surface area contributed by atoms with E-state index in [1.807, 2.05) is 6.08 Å². The molecule has 2 aromatic rings. The Balaban J connectivity index is 1.94. The van der Waals surface area contributed by atoms with Crippen LogP contribution >= 0.6 is 0 Å². The quantitative estimate of drug-likeness (QED) is 0.722. The Labute approximate surface area is 132 Å². The van der Waals surface area contributed by atoms with Gasteiger partial charge in [0.2, 0.25) is 0 Å². The zero-order valence-corrected chi connectivity index (χ0v) is 12.9. The predicted octanol–water partition coefficient (Wildman–Crippen LogP) is 5.06. The van der Waals surface area contributed by atoms with E-state index >= 15 is 0 Å². The maximum atomic E-state index is 11.0. The molecule has 0 bridgehead atoms. The van der Waals surface area contributed by atoms with E-state index in [1.165, 1.54) is 28.7 Å². The highest BCUT2D eigenvalue weighted by molar-refractivity contribution is 5.91. The molecule has 110 valence electrons. The van der Waals surface area contributed by atoms with Gasteiger partial charge in [0, 0.05) is 0 Å². The molecule has 0 fully saturated rings. The molecule has 0 aliphatic heterocycles. The third-order valence-corrected chi connectivity index (χ3v) is 4.04.